The first-order valence-electron chi connectivity index (χ1n) is 6.40. The molecule has 19 heavy (non-hydrogen) atoms. The first kappa shape index (κ1) is 13.9. The van der Waals surface area contributed by atoms with E-state index < -0.39 is 23.5 Å². The van der Waals surface area contributed by atoms with Gasteiger partial charge >= 0.3 is 5.97 Å². The number of aliphatic carboxylic acids is 1. The zero-order valence-corrected chi connectivity index (χ0v) is 10.8. The average molecular weight is 269 g/mol. The molecule has 5 heteroatoms. The van der Waals surface area contributed by atoms with Crippen LogP contribution in [0.2, 0.25) is 0 Å². The number of carbonyl (C=O) groups is 1. The fourth-order valence-corrected chi connectivity index (χ4v) is 2.65. The summed E-state index contributed by atoms with van der Waals surface area (Å²) in [6.45, 7) is 2.78. The van der Waals surface area contributed by atoms with E-state index in [1.54, 1.807) is 0 Å². The molecule has 1 aliphatic heterocycles. The molecule has 2 atom stereocenters. The van der Waals surface area contributed by atoms with E-state index in [0.717, 1.165) is 18.6 Å². The van der Waals surface area contributed by atoms with Crippen molar-refractivity contribution in [1.29, 1.82) is 0 Å². The van der Waals surface area contributed by atoms with Gasteiger partial charge < -0.3 is 5.11 Å². The number of likely N-dealkylation sites (tertiary alicyclic amines) is 1. The number of piperidine rings is 1. The molecule has 1 saturated heterocycles. The van der Waals surface area contributed by atoms with Crippen molar-refractivity contribution in [2.75, 3.05) is 6.54 Å². The molecule has 1 fully saturated rings. The predicted molar refractivity (Wildman–Crippen MR) is 66.6 cm³/mol. The van der Waals surface area contributed by atoms with Gasteiger partial charge in [0.15, 0.2) is 0 Å². The summed E-state index contributed by atoms with van der Waals surface area (Å²) in [7, 11) is 0. The normalized spacial score (nSPS) is 24.4. The lowest BCUT2D eigenvalue weighted by Crippen LogP contribution is -2.45. The summed E-state index contributed by atoms with van der Waals surface area (Å²) < 4.78 is 26.7. The number of rotatable bonds is 3. The van der Waals surface area contributed by atoms with Gasteiger partial charge in [0.1, 0.15) is 11.6 Å². The van der Waals surface area contributed by atoms with Crippen LogP contribution in [0.5, 0.6) is 0 Å². The number of hydrogen-bond acceptors (Lipinski definition) is 2. The quantitative estimate of drug-likeness (QED) is 0.917. The zero-order valence-electron chi connectivity index (χ0n) is 10.8. The van der Waals surface area contributed by atoms with Crippen molar-refractivity contribution in [2.24, 2.45) is 5.92 Å². The third-order valence-electron chi connectivity index (χ3n) is 3.82. The van der Waals surface area contributed by atoms with Crippen molar-refractivity contribution >= 4 is 5.97 Å². The topological polar surface area (TPSA) is 40.5 Å². The molecule has 1 aliphatic rings. The Kier molecular flexibility index (Phi) is 4.14. The van der Waals surface area contributed by atoms with Crippen molar-refractivity contribution in [1.82, 2.24) is 4.90 Å². The van der Waals surface area contributed by atoms with Crippen LogP contribution in [0.4, 0.5) is 8.78 Å². The molecular weight excluding hydrogens is 252 g/mol. The molecule has 0 bridgehead atoms. The molecule has 3 nitrogen and oxygen atoms in total. The van der Waals surface area contributed by atoms with Gasteiger partial charge in [-0.1, -0.05) is 0 Å². The van der Waals surface area contributed by atoms with Crippen LogP contribution < -0.4 is 0 Å². The third-order valence-corrected chi connectivity index (χ3v) is 3.82. The lowest BCUT2D eigenvalue weighted by atomic mass is 9.90. The van der Waals surface area contributed by atoms with E-state index in [4.69, 9.17) is 5.11 Å². The Hall–Kier alpha value is -1.49. The van der Waals surface area contributed by atoms with Crippen LogP contribution in [0, 0.1) is 17.6 Å². The van der Waals surface area contributed by atoms with Crippen LogP contribution in [0.1, 0.15) is 25.3 Å². The van der Waals surface area contributed by atoms with E-state index in [1.165, 1.54) is 6.07 Å². The summed E-state index contributed by atoms with van der Waals surface area (Å²) in [4.78, 5) is 13.0. The molecule has 0 radical (unpaired) electrons. The van der Waals surface area contributed by atoms with Crippen LogP contribution in [0.3, 0.4) is 0 Å². The molecule has 0 unspecified atom stereocenters. The molecular formula is C14H17F2NO2. The lowest BCUT2D eigenvalue weighted by molar-refractivity contribution is -0.145. The van der Waals surface area contributed by atoms with E-state index in [1.807, 2.05) is 11.8 Å². The second-order valence-electron chi connectivity index (χ2n) is 5.03. The van der Waals surface area contributed by atoms with Crippen molar-refractivity contribution in [3.8, 4) is 0 Å². The standard InChI is InChI=1S/C14H17F2NO2/c1-9-12(14(18)19)3-2-6-17(9)8-10-7-11(15)4-5-13(10)16/h4-5,7,9,12H,2-3,6,8H2,1H3,(H,18,19)/t9-,12-/m1/s1. The average Bonchev–Trinajstić information content (AvgIpc) is 2.36. The van der Waals surface area contributed by atoms with Gasteiger partial charge in [0.05, 0.1) is 5.92 Å². The van der Waals surface area contributed by atoms with Gasteiger partial charge in [-0.2, -0.15) is 0 Å². The molecule has 1 aromatic carbocycles. The van der Waals surface area contributed by atoms with Gasteiger partial charge in [-0.15, -0.1) is 0 Å². The largest absolute Gasteiger partial charge is 0.481 e. The minimum Gasteiger partial charge on any atom is -0.481 e. The number of halogens is 2. The lowest BCUT2D eigenvalue weighted by Gasteiger charge is -2.37. The second-order valence-corrected chi connectivity index (χ2v) is 5.03. The molecule has 104 valence electrons. The molecule has 1 N–H and O–H groups in total. The van der Waals surface area contributed by atoms with Crippen LogP contribution in [0.15, 0.2) is 18.2 Å². The van der Waals surface area contributed by atoms with Crippen LogP contribution >= 0.6 is 0 Å². The molecule has 0 aliphatic carbocycles. The number of carboxylic acids is 1. The SMILES string of the molecule is C[C@@H]1[C@H](C(=O)O)CCCN1Cc1cc(F)ccc1F. The minimum absolute atomic E-state index is 0.172. The molecule has 2 rings (SSSR count). The van der Waals surface area contributed by atoms with Crippen molar-refractivity contribution < 1.29 is 18.7 Å². The minimum atomic E-state index is -0.822. The molecule has 0 saturated carbocycles. The second kappa shape index (κ2) is 5.65. The van der Waals surface area contributed by atoms with Crippen molar-refractivity contribution in [3.05, 3.63) is 35.4 Å². The van der Waals surface area contributed by atoms with Crippen LogP contribution in [-0.4, -0.2) is 28.6 Å². The smallest absolute Gasteiger partial charge is 0.308 e. The predicted octanol–water partition coefficient (Wildman–Crippen LogP) is 2.65. The summed E-state index contributed by atoms with van der Waals surface area (Å²) in [5.74, 6) is -2.19. The van der Waals surface area contributed by atoms with Gasteiger partial charge in [0.2, 0.25) is 0 Å². The highest BCUT2D eigenvalue weighted by Gasteiger charge is 2.32. The fraction of sp³-hybridized carbons (Fsp3) is 0.500. The molecule has 0 aromatic heterocycles. The van der Waals surface area contributed by atoms with E-state index >= 15 is 0 Å². The molecule has 0 amide bonds. The zero-order chi connectivity index (χ0) is 14.0. The molecule has 0 spiro atoms. The number of benzene rings is 1. The van der Waals surface area contributed by atoms with Gasteiger partial charge in [-0.05, 0) is 44.5 Å². The van der Waals surface area contributed by atoms with Gasteiger partial charge in [-0.3, -0.25) is 9.69 Å². The fourth-order valence-electron chi connectivity index (χ4n) is 2.65. The summed E-state index contributed by atoms with van der Waals surface area (Å²) in [5, 5.41) is 9.13. The van der Waals surface area contributed by atoms with E-state index in [-0.39, 0.29) is 18.2 Å². The molecule has 1 aromatic rings. The summed E-state index contributed by atoms with van der Waals surface area (Å²) in [6, 6.07) is 3.19. The molecule has 1 heterocycles. The highest BCUT2D eigenvalue weighted by Crippen LogP contribution is 2.26. The maximum absolute atomic E-state index is 13.6. The number of carboxylic acid groups (broad SMARTS) is 1. The monoisotopic (exact) mass is 269 g/mol. The Morgan fingerprint density at radius 3 is 2.89 bits per heavy atom. The van der Waals surface area contributed by atoms with Crippen LogP contribution in [0.25, 0.3) is 0 Å². The Morgan fingerprint density at radius 1 is 1.47 bits per heavy atom. The van der Waals surface area contributed by atoms with E-state index in [0.29, 0.717) is 13.0 Å². The van der Waals surface area contributed by atoms with Gasteiger partial charge in [0, 0.05) is 18.2 Å². The Bertz CT molecular complexity index is 479. The maximum atomic E-state index is 13.6. The third kappa shape index (κ3) is 3.10. The Morgan fingerprint density at radius 2 is 2.21 bits per heavy atom. The first-order chi connectivity index (χ1) is 8.99. The Labute approximate surface area is 110 Å². The summed E-state index contributed by atoms with van der Waals surface area (Å²) in [6.07, 6.45) is 1.40. The highest BCUT2D eigenvalue weighted by atomic mass is 19.1. The van der Waals surface area contributed by atoms with Crippen molar-refractivity contribution in [2.45, 2.75) is 32.4 Å². The number of nitrogens with zero attached hydrogens (tertiary/aromatic N) is 1. The van der Waals surface area contributed by atoms with E-state index in [9.17, 15) is 13.6 Å². The van der Waals surface area contributed by atoms with E-state index in [2.05, 4.69) is 0 Å². The van der Waals surface area contributed by atoms with Gasteiger partial charge in [0.25, 0.3) is 0 Å². The number of hydrogen-bond donors (Lipinski definition) is 1. The van der Waals surface area contributed by atoms with Gasteiger partial charge in [-0.25, -0.2) is 8.78 Å². The van der Waals surface area contributed by atoms with Crippen molar-refractivity contribution in [3.63, 3.8) is 0 Å². The summed E-state index contributed by atoms with van der Waals surface area (Å²) in [5.41, 5.74) is 0.276. The highest BCUT2D eigenvalue weighted by molar-refractivity contribution is 5.70. The summed E-state index contributed by atoms with van der Waals surface area (Å²) >= 11 is 0. The van der Waals surface area contributed by atoms with Crippen LogP contribution in [-0.2, 0) is 11.3 Å². The maximum Gasteiger partial charge on any atom is 0.308 e. The first-order valence-corrected chi connectivity index (χ1v) is 6.40. The Balaban J connectivity index is 2.13.